The highest BCUT2D eigenvalue weighted by molar-refractivity contribution is 9.10. The summed E-state index contributed by atoms with van der Waals surface area (Å²) in [7, 11) is 0. The van der Waals surface area contributed by atoms with Crippen molar-refractivity contribution in [3.63, 3.8) is 0 Å². The van der Waals surface area contributed by atoms with E-state index in [9.17, 15) is 14.9 Å². The zero-order valence-electron chi connectivity index (χ0n) is 11.4. The molecule has 0 aromatic heterocycles. The second-order valence-electron chi connectivity index (χ2n) is 5.78. The summed E-state index contributed by atoms with van der Waals surface area (Å²) in [4.78, 5) is 22.6. The van der Waals surface area contributed by atoms with Crippen molar-refractivity contribution in [1.29, 1.82) is 0 Å². The van der Waals surface area contributed by atoms with Gasteiger partial charge < -0.3 is 10.6 Å². The van der Waals surface area contributed by atoms with Crippen LogP contribution in [0.25, 0.3) is 0 Å². The molecule has 1 unspecified atom stereocenters. The zero-order valence-corrected chi connectivity index (χ0v) is 13.0. The van der Waals surface area contributed by atoms with Crippen LogP contribution in [-0.4, -0.2) is 23.9 Å². The van der Waals surface area contributed by atoms with Gasteiger partial charge in [-0.25, -0.2) is 0 Å². The maximum atomic E-state index is 12.3. The first kappa shape index (κ1) is 14.5. The number of carbonyl (C=O) groups is 1. The van der Waals surface area contributed by atoms with Gasteiger partial charge in [-0.2, -0.15) is 0 Å². The summed E-state index contributed by atoms with van der Waals surface area (Å²) in [5, 5.41) is 16.9. The largest absolute Gasteiger partial charge is 0.326 e. The van der Waals surface area contributed by atoms with Crippen LogP contribution in [0.3, 0.4) is 0 Å². The molecule has 21 heavy (non-hydrogen) atoms. The SMILES string of the molecule is O=C(Nc1ccc([N+](=O)[O-])c(Br)c1)C1CC12CCNCC2. The highest BCUT2D eigenvalue weighted by Gasteiger charge is 2.57. The molecule has 1 saturated heterocycles. The zero-order chi connectivity index (χ0) is 15.0. The summed E-state index contributed by atoms with van der Waals surface area (Å²) >= 11 is 3.16. The predicted octanol–water partition coefficient (Wildman–Crippen LogP) is 2.69. The minimum atomic E-state index is -0.458. The number of nitro groups is 1. The monoisotopic (exact) mass is 353 g/mol. The molecule has 7 heteroatoms. The molecule has 112 valence electrons. The molecule has 2 N–H and O–H groups in total. The van der Waals surface area contributed by atoms with Crippen molar-refractivity contribution in [1.82, 2.24) is 5.32 Å². The Morgan fingerprint density at radius 3 is 2.76 bits per heavy atom. The van der Waals surface area contributed by atoms with E-state index in [0.717, 1.165) is 32.4 Å². The molecule has 1 amide bonds. The summed E-state index contributed by atoms with van der Waals surface area (Å²) in [5.74, 6) is 0.103. The third kappa shape index (κ3) is 2.80. The molecule has 2 fully saturated rings. The van der Waals surface area contributed by atoms with Gasteiger partial charge in [0.1, 0.15) is 0 Å². The van der Waals surface area contributed by atoms with Crippen molar-refractivity contribution in [3.05, 3.63) is 32.8 Å². The van der Waals surface area contributed by atoms with E-state index < -0.39 is 4.92 Å². The van der Waals surface area contributed by atoms with Gasteiger partial charge in [0, 0.05) is 17.7 Å². The molecule has 0 radical (unpaired) electrons. The van der Waals surface area contributed by atoms with Gasteiger partial charge in [-0.3, -0.25) is 14.9 Å². The number of anilines is 1. The second-order valence-corrected chi connectivity index (χ2v) is 6.64. The molecule has 1 saturated carbocycles. The van der Waals surface area contributed by atoms with E-state index in [4.69, 9.17) is 0 Å². The molecule has 1 aromatic rings. The van der Waals surface area contributed by atoms with E-state index in [1.807, 2.05) is 0 Å². The average Bonchev–Trinajstić information content (AvgIpc) is 3.13. The number of hydrogen-bond donors (Lipinski definition) is 2. The van der Waals surface area contributed by atoms with Crippen molar-refractivity contribution in [2.75, 3.05) is 18.4 Å². The van der Waals surface area contributed by atoms with Crippen LogP contribution in [-0.2, 0) is 4.79 Å². The molecule has 1 heterocycles. The van der Waals surface area contributed by atoms with E-state index in [1.165, 1.54) is 6.07 Å². The highest BCUT2D eigenvalue weighted by atomic mass is 79.9. The van der Waals surface area contributed by atoms with Gasteiger partial charge in [0.15, 0.2) is 0 Å². The summed E-state index contributed by atoms with van der Waals surface area (Å²) in [6.07, 6.45) is 3.05. The lowest BCUT2D eigenvalue weighted by Gasteiger charge is -2.23. The Labute approximate surface area is 130 Å². The van der Waals surface area contributed by atoms with Gasteiger partial charge >= 0.3 is 0 Å². The van der Waals surface area contributed by atoms with Crippen molar-refractivity contribution in [2.45, 2.75) is 19.3 Å². The summed E-state index contributed by atoms with van der Waals surface area (Å²) in [6, 6.07) is 4.54. The van der Waals surface area contributed by atoms with E-state index in [2.05, 4.69) is 26.6 Å². The molecule has 1 atom stereocenters. The van der Waals surface area contributed by atoms with E-state index in [-0.39, 0.29) is 22.9 Å². The minimum absolute atomic E-state index is 0.00533. The summed E-state index contributed by atoms with van der Waals surface area (Å²) < 4.78 is 0.373. The Kier molecular flexibility index (Phi) is 3.71. The minimum Gasteiger partial charge on any atom is -0.326 e. The first-order chi connectivity index (χ1) is 10.0. The lowest BCUT2D eigenvalue weighted by molar-refractivity contribution is -0.385. The molecular weight excluding hydrogens is 338 g/mol. The topological polar surface area (TPSA) is 84.3 Å². The number of benzene rings is 1. The third-order valence-electron chi connectivity index (χ3n) is 4.52. The molecular formula is C14H16BrN3O3. The molecule has 1 spiro atoms. The average molecular weight is 354 g/mol. The second kappa shape index (κ2) is 5.38. The lowest BCUT2D eigenvalue weighted by atomic mass is 9.92. The van der Waals surface area contributed by atoms with Crippen LogP contribution >= 0.6 is 15.9 Å². The van der Waals surface area contributed by atoms with Crippen LogP contribution in [0.15, 0.2) is 22.7 Å². The lowest BCUT2D eigenvalue weighted by Crippen LogP contribution is -2.31. The molecule has 6 nitrogen and oxygen atoms in total. The predicted molar refractivity (Wildman–Crippen MR) is 82.1 cm³/mol. The van der Waals surface area contributed by atoms with Gasteiger partial charge in [-0.15, -0.1) is 0 Å². The first-order valence-electron chi connectivity index (χ1n) is 6.97. The molecule has 2 aliphatic rings. The normalized spacial score (nSPS) is 22.8. The van der Waals surface area contributed by atoms with E-state index in [0.29, 0.717) is 10.2 Å². The highest BCUT2D eigenvalue weighted by Crippen LogP contribution is 2.58. The van der Waals surface area contributed by atoms with Gasteiger partial charge in [0.2, 0.25) is 5.91 Å². The number of hydrogen-bond acceptors (Lipinski definition) is 4. The third-order valence-corrected chi connectivity index (χ3v) is 5.15. The molecule has 1 aromatic carbocycles. The summed E-state index contributed by atoms with van der Waals surface area (Å²) in [5.41, 5.74) is 0.774. The number of piperidine rings is 1. The molecule has 3 rings (SSSR count). The molecule has 1 aliphatic heterocycles. The van der Waals surface area contributed by atoms with Crippen molar-refractivity contribution in [2.24, 2.45) is 11.3 Å². The maximum absolute atomic E-state index is 12.3. The number of halogens is 1. The Morgan fingerprint density at radius 1 is 1.43 bits per heavy atom. The van der Waals surface area contributed by atoms with Crippen molar-refractivity contribution in [3.8, 4) is 0 Å². The fraction of sp³-hybridized carbons (Fsp3) is 0.500. The van der Waals surface area contributed by atoms with Crippen LogP contribution < -0.4 is 10.6 Å². The smallest absolute Gasteiger partial charge is 0.283 e. The molecule has 0 bridgehead atoms. The van der Waals surface area contributed by atoms with Gasteiger partial charge in [-0.1, -0.05) is 0 Å². The number of rotatable bonds is 3. The number of carbonyl (C=O) groups excluding carboxylic acids is 1. The Morgan fingerprint density at radius 2 is 2.14 bits per heavy atom. The van der Waals surface area contributed by atoms with E-state index >= 15 is 0 Å². The summed E-state index contributed by atoms with van der Waals surface area (Å²) in [6.45, 7) is 1.96. The number of nitrogens with zero attached hydrogens (tertiary/aromatic N) is 1. The quantitative estimate of drug-likeness (QED) is 0.646. The van der Waals surface area contributed by atoms with Crippen LogP contribution in [0.2, 0.25) is 0 Å². The van der Waals surface area contributed by atoms with Crippen LogP contribution in [0, 0.1) is 21.4 Å². The number of amides is 1. The van der Waals surface area contributed by atoms with Crippen molar-refractivity contribution >= 4 is 33.2 Å². The van der Waals surface area contributed by atoms with E-state index in [1.54, 1.807) is 12.1 Å². The Bertz CT molecular complexity index is 599. The maximum Gasteiger partial charge on any atom is 0.283 e. The number of nitro benzene ring substituents is 1. The van der Waals surface area contributed by atoms with Gasteiger partial charge in [-0.05, 0) is 65.8 Å². The van der Waals surface area contributed by atoms with Crippen LogP contribution in [0.4, 0.5) is 11.4 Å². The number of nitrogens with one attached hydrogen (secondary N) is 2. The fourth-order valence-electron chi connectivity index (χ4n) is 3.16. The Hall–Kier alpha value is -1.47. The fourth-order valence-corrected chi connectivity index (χ4v) is 3.68. The van der Waals surface area contributed by atoms with Crippen LogP contribution in [0.1, 0.15) is 19.3 Å². The van der Waals surface area contributed by atoms with Crippen molar-refractivity contribution < 1.29 is 9.72 Å². The first-order valence-corrected chi connectivity index (χ1v) is 7.77. The van der Waals surface area contributed by atoms with Crippen LogP contribution in [0.5, 0.6) is 0 Å². The Balaban J connectivity index is 1.66. The van der Waals surface area contributed by atoms with Gasteiger partial charge in [0.25, 0.3) is 5.69 Å². The van der Waals surface area contributed by atoms with Gasteiger partial charge in [0.05, 0.1) is 9.40 Å². The molecule has 1 aliphatic carbocycles. The standard InChI is InChI=1S/C14H16BrN3O3/c15-11-7-9(1-2-12(11)18(20)21)17-13(19)10-8-14(10)3-5-16-6-4-14/h1-2,7,10,16H,3-6,8H2,(H,17,19).